The number of pyridine rings is 3. The van der Waals surface area contributed by atoms with E-state index < -0.39 is 0 Å². The molecule has 174 valence electrons. The fourth-order valence-corrected chi connectivity index (χ4v) is 4.51. The summed E-state index contributed by atoms with van der Waals surface area (Å²) < 4.78 is 0. The lowest BCUT2D eigenvalue weighted by molar-refractivity contribution is -0.117. The lowest BCUT2D eigenvalue weighted by Gasteiger charge is -2.06. The molecule has 0 saturated heterocycles. The molecule has 1 saturated carbocycles. The van der Waals surface area contributed by atoms with E-state index in [1.165, 1.54) is 0 Å². The number of hydrogen-bond donors (Lipinski definition) is 3. The van der Waals surface area contributed by atoms with Gasteiger partial charge in [-0.3, -0.25) is 19.9 Å². The van der Waals surface area contributed by atoms with Crippen LogP contribution in [0.3, 0.4) is 0 Å². The van der Waals surface area contributed by atoms with E-state index in [0.717, 1.165) is 68.7 Å². The number of amides is 1. The summed E-state index contributed by atoms with van der Waals surface area (Å²) in [5, 5.41) is 11.7. The summed E-state index contributed by atoms with van der Waals surface area (Å²) in [6, 6.07) is 19.9. The van der Waals surface area contributed by atoms with Crippen molar-refractivity contribution in [1.82, 2.24) is 30.1 Å². The maximum atomic E-state index is 12.2. The second-order valence-electron chi connectivity index (χ2n) is 9.06. The Hall–Kier alpha value is -4.85. The van der Waals surface area contributed by atoms with Crippen molar-refractivity contribution in [3.8, 4) is 33.9 Å². The predicted molar refractivity (Wildman–Crippen MR) is 139 cm³/mol. The average Bonchev–Trinajstić information content (AvgIpc) is 3.55. The van der Waals surface area contributed by atoms with Gasteiger partial charge in [0.2, 0.25) is 5.91 Å². The third-order valence-corrected chi connectivity index (χ3v) is 6.52. The summed E-state index contributed by atoms with van der Waals surface area (Å²) >= 11 is 0. The lowest BCUT2D eigenvalue weighted by Crippen LogP contribution is -2.13. The monoisotopic (exact) mass is 471 g/mol. The molecule has 0 bridgehead atoms. The van der Waals surface area contributed by atoms with Gasteiger partial charge in [-0.25, -0.2) is 4.98 Å². The van der Waals surface area contributed by atoms with Gasteiger partial charge in [0.15, 0.2) is 0 Å². The largest absolute Gasteiger partial charge is 0.353 e. The van der Waals surface area contributed by atoms with Gasteiger partial charge in [0.25, 0.3) is 0 Å². The molecule has 3 N–H and O–H groups in total. The smallest absolute Gasteiger partial charge is 0.227 e. The number of aromatic amines is 2. The van der Waals surface area contributed by atoms with E-state index in [1.807, 2.05) is 48.5 Å². The van der Waals surface area contributed by atoms with Gasteiger partial charge >= 0.3 is 0 Å². The molecule has 0 aliphatic heterocycles. The Balaban J connectivity index is 1.28. The molecule has 1 amide bonds. The summed E-state index contributed by atoms with van der Waals surface area (Å²) in [4.78, 5) is 29.4. The molecular weight excluding hydrogens is 450 g/mol. The van der Waals surface area contributed by atoms with E-state index in [1.54, 1.807) is 18.6 Å². The number of H-pyrrole nitrogens is 2. The van der Waals surface area contributed by atoms with Gasteiger partial charge < -0.3 is 10.3 Å². The van der Waals surface area contributed by atoms with Gasteiger partial charge in [0.05, 0.1) is 34.5 Å². The van der Waals surface area contributed by atoms with Gasteiger partial charge in [0.1, 0.15) is 11.2 Å². The molecule has 1 aromatic carbocycles. The maximum absolute atomic E-state index is 12.2. The number of hydrogen-bond acceptors (Lipinski definition) is 5. The van der Waals surface area contributed by atoms with E-state index in [-0.39, 0.29) is 11.8 Å². The van der Waals surface area contributed by atoms with Crippen LogP contribution in [0.5, 0.6) is 0 Å². The van der Waals surface area contributed by atoms with Crippen LogP contribution >= 0.6 is 0 Å². The maximum Gasteiger partial charge on any atom is 0.227 e. The minimum atomic E-state index is 0.0540. The van der Waals surface area contributed by atoms with Crippen LogP contribution < -0.4 is 5.32 Å². The Labute approximate surface area is 205 Å². The van der Waals surface area contributed by atoms with Gasteiger partial charge in [0, 0.05) is 40.3 Å². The molecule has 5 aromatic heterocycles. The SMILES string of the molecule is O=C(Nc1cncc(-c2ccc3[nH]nc(-c4cc5c(-c6ccccn6)cccc5[nH]4)c3n2)c1)C1CC1. The highest BCUT2D eigenvalue weighted by Gasteiger charge is 2.29. The molecule has 0 unspecified atom stereocenters. The molecule has 36 heavy (non-hydrogen) atoms. The number of benzene rings is 1. The Morgan fingerprint density at radius 3 is 2.75 bits per heavy atom. The van der Waals surface area contributed by atoms with Crippen molar-refractivity contribution in [3.63, 3.8) is 0 Å². The highest BCUT2D eigenvalue weighted by Crippen LogP contribution is 2.34. The Morgan fingerprint density at radius 1 is 0.944 bits per heavy atom. The van der Waals surface area contributed by atoms with Crippen LogP contribution in [0.2, 0.25) is 0 Å². The first-order valence-corrected chi connectivity index (χ1v) is 11.9. The molecule has 8 nitrogen and oxygen atoms in total. The Bertz CT molecular complexity index is 1750. The third kappa shape index (κ3) is 3.60. The third-order valence-electron chi connectivity index (χ3n) is 6.52. The molecule has 8 heteroatoms. The van der Waals surface area contributed by atoms with Crippen LogP contribution in [0.1, 0.15) is 12.8 Å². The predicted octanol–water partition coefficient (Wildman–Crippen LogP) is 5.58. The first kappa shape index (κ1) is 20.5. The second-order valence-corrected chi connectivity index (χ2v) is 9.06. The molecule has 0 atom stereocenters. The molecule has 1 aliphatic carbocycles. The quantitative estimate of drug-likeness (QED) is 0.304. The molecule has 0 spiro atoms. The zero-order valence-electron chi connectivity index (χ0n) is 19.2. The molecular formula is C28H21N7O. The average molecular weight is 472 g/mol. The van der Waals surface area contributed by atoms with Crippen molar-refractivity contribution in [2.75, 3.05) is 5.32 Å². The minimum Gasteiger partial charge on any atom is -0.353 e. The molecule has 7 rings (SSSR count). The fraction of sp³-hybridized carbons (Fsp3) is 0.107. The van der Waals surface area contributed by atoms with E-state index in [4.69, 9.17) is 4.98 Å². The normalized spacial score (nSPS) is 13.3. The number of nitrogens with zero attached hydrogens (tertiary/aromatic N) is 4. The number of rotatable bonds is 5. The van der Waals surface area contributed by atoms with Crippen LogP contribution in [-0.2, 0) is 4.79 Å². The first-order chi connectivity index (χ1) is 17.7. The van der Waals surface area contributed by atoms with Crippen LogP contribution in [-0.4, -0.2) is 36.0 Å². The highest BCUT2D eigenvalue weighted by atomic mass is 16.2. The van der Waals surface area contributed by atoms with Crippen molar-refractivity contribution in [2.24, 2.45) is 5.92 Å². The summed E-state index contributed by atoms with van der Waals surface area (Å²) in [5.41, 5.74) is 8.43. The number of fused-ring (bicyclic) bond motifs is 2. The van der Waals surface area contributed by atoms with Gasteiger partial charge in [-0.15, -0.1) is 0 Å². The number of anilines is 1. The zero-order chi connectivity index (χ0) is 24.1. The van der Waals surface area contributed by atoms with Crippen LogP contribution in [0, 0.1) is 5.92 Å². The van der Waals surface area contributed by atoms with Crippen molar-refractivity contribution in [3.05, 3.63) is 79.3 Å². The lowest BCUT2D eigenvalue weighted by atomic mass is 10.1. The standard InChI is InChI=1S/C28H21N7O/c36-28(16-7-8-16)31-18-12-17(14-29-15-18)21-9-10-24-26(33-21)27(35-34-24)25-13-20-19(4-3-6-23(20)32-25)22-5-1-2-11-30-22/h1-6,9-16,32H,7-8H2,(H,31,36)(H,34,35). The molecule has 1 fully saturated rings. The van der Waals surface area contributed by atoms with E-state index in [2.05, 4.69) is 42.6 Å². The molecule has 5 heterocycles. The van der Waals surface area contributed by atoms with Crippen molar-refractivity contribution in [1.29, 1.82) is 0 Å². The fourth-order valence-electron chi connectivity index (χ4n) is 4.51. The topological polar surface area (TPSA) is 112 Å². The number of carbonyl (C=O) groups excluding carboxylic acids is 1. The van der Waals surface area contributed by atoms with Crippen molar-refractivity contribution >= 4 is 33.5 Å². The number of carbonyl (C=O) groups is 1. The van der Waals surface area contributed by atoms with Crippen LogP contribution in [0.25, 0.3) is 55.8 Å². The van der Waals surface area contributed by atoms with Gasteiger partial charge in [-0.05, 0) is 55.3 Å². The summed E-state index contributed by atoms with van der Waals surface area (Å²) in [5.74, 6) is 0.185. The van der Waals surface area contributed by atoms with Gasteiger partial charge in [-0.1, -0.05) is 18.2 Å². The van der Waals surface area contributed by atoms with E-state index in [0.29, 0.717) is 5.69 Å². The van der Waals surface area contributed by atoms with Crippen molar-refractivity contribution in [2.45, 2.75) is 12.8 Å². The minimum absolute atomic E-state index is 0.0540. The van der Waals surface area contributed by atoms with Crippen molar-refractivity contribution < 1.29 is 4.79 Å². The van der Waals surface area contributed by atoms with E-state index >= 15 is 0 Å². The zero-order valence-corrected chi connectivity index (χ0v) is 19.2. The van der Waals surface area contributed by atoms with E-state index in [9.17, 15) is 4.79 Å². The van der Waals surface area contributed by atoms with Crippen LogP contribution in [0.4, 0.5) is 5.69 Å². The molecule has 0 radical (unpaired) electrons. The summed E-state index contributed by atoms with van der Waals surface area (Å²) in [6.45, 7) is 0. The Morgan fingerprint density at radius 2 is 1.89 bits per heavy atom. The second kappa shape index (κ2) is 8.13. The first-order valence-electron chi connectivity index (χ1n) is 11.9. The summed E-state index contributed by atoms with van der Waals surface area (Å²) in [6.07, 6.45) is 7.13. The summed E-state index contributed by atoms with van der Waals surface area (Å²) in [7, 11) is 0. The highest BCUT2D eigenvalue weighted by molar-refractivity contribution is 6.00. The Kier molecular flexibility index (Phi) is 4.63. The molecule has 6 aromatic rings. The number of aromatic nitrogens is 6. The van der Waals surface area contributed by atoms with Crippen LogP contribution in [0.15, 0.2) is 79.3 Å². The van der Waals surface area contributed by atoms with Gasteiger partial charge in [-0.2, -0.15) is 5.10 Å². The molecule has 1 aliphatic rings. The number of nitrogens with one attached hydrogen (secondary N) is 3.